The van der Waals surface area contributed by atoms with Crippen LogP contribution in [0.4, 0.5) is 0 Å². The zero-order chi connectivity index (χ0) is 16.0. The van der Waals surface area contributed by atoms with Gasteiger partial charge in [0.25, 0.3) is 0 Å². The van der Waals surface area contributed by atoms with Crippen molar-refractivity contribution >= 4 is 9.84 Å². The van der Waals surface area contributed by atoms with E-state index in [0.29, 0.717) is 0 Å². The molecule has 1 unspecified atom stereocenters. The van der Waals surface area contributed by atoms with Crippen molar-refractivity contribution in [1.29, 1.82) is 0 Å². The number of hydrogen-bond donors (Lipinski definition) is 1. The third kappa shape index (κ3) is 6.48. The van der Waals surface area contributed by atoms with Crippen molar-refractivity contribution in [1.82, 2.24) is 5.32 Å². The van der Waals surface area contributed by atoms with Gasteiger partial charge in [0.15, 0.2) is 9.84 Å². The van der Waals surface area contributed by atoms with E-state index in [1.807, 2.05) is 52.0 Å². The summed E-state index contributed by atoms with van der Waals surface area (Å²) in [4.78, 5) is 0. The minimum Gasteiger partial charge on any atom is -0.491 e. The van der Waals surface area contributed by atoms with E-state index >= 15 is 0 Å². The lowest BCUT2D eigenvalue weighted by molar-refractivity contribution is 0.242. The molecular weight excluding hydrogens is 286 g/mol. The first-order valence-corrected chi connectivity index (χ1v) is 9.20. The first-order valence-electron chi connectivity index (χ1n) is 7.38. The van der Waals surface area contributed by atoms with Crippen LogP contribution >= 0.6 is 0 Å². The Labute approximate surface area is 128 Å². The van der Waals surface area contributed by atoms with Gasteiger partial charge in [-0.1, -0.05) is 26.0 Å². The number of benzene rings is 1. The second-order valence-corrected chi connectivity index (χ2v) is 8.20. The molecule has 0 bridgehead atoms. The molecule has 5 heteroatoms. The fraction of sp³-hybridized carbons (Fsp3) is 0.625. The largest absolute Gasteiger partial charge is 0.491 e. The minimum absolute atomic E-state index is 0.117. The Morgan fingerprint density at radius 3 is 2.05 bits per heavy atom. The molecule has 0 fully saturated rings. The van der Waals surface area contributed by atoms with Crippen LogP contribution in [0.5, 0.6) is 5.75 Å². The van der Waals surface area contributed by atoms with Gasteiger partial charge in [-0.15, -0.1) is 0 Å². The molecule has 120 valence electrons. The van der Waals surface area contributed by atoms with Gasteiger partial charge in [0.2, 0.25) is 0 Å². The smallest absolute Gasteiger partial charge is 0.152 e. The topological polar surface area (TPSA) is 55.4 Å². The first-order chi connectivity index (χ1) is 9.73. The monoisotopic (exact) mass is 313 g/mol. The third-order valence-electron chi connectivity index (χ3n) is 3.01. The van der Waals surface area contributed by atoms with Crippen molar-refractivity contribution in [2.24, 2.45) is 5.92 Å². The highest BCUT2D eigenvalue weighted by Gasteiger charge is 2.20. The highest BCUT2D eigenvalue weighted by Crippen LogP contribution is 2.20. The third-order valence-corrected chi connectivity index (χ3v) is 5.03. The van der Waals surface area contributed by atoms with Gasteiger partial charge in [-0.25, -0.2) is 8.42 Å². The average Bonchev–Trinajstić information content (AvgIpc) is 2.35. The predicted octanol–water partition coefficient (Wildman–Crippen LogP) is 2.81. The molecule has 1 N–H and O–H groups in total. The van der Waals surface area contributed by atoms with Crippen LogP contribution in [0.2, 0.25) is 0 Å². The summed E-state index contributed by atoms with van der Waals surface area (Å²) in [7, 11) is -1.28. The Kier molecular flexibility index (Phi) is 6.68. The van der Waals surface area contributed by atoms with Gasteiger partial charge in [0.1, 0.15) is 5.75 Å². The van der Waals surface area contributed by atoms with Crippen molar-refractivity contribution in [3.05, 3.63) is 29.8 Å². The van der Waals surface area contributed by atoms with Crippen molar-refractivity contribution < 1.29 is 13.2 Å². The van der Waals surface area contributed by atoms with Crippen molar-refractivity contribution in [3.63, 3.8) is 0 Å². The molecule has 1 aromatic rings. The summed E-state index contributed by atoms with van der Waals surface area (Å²) in [5.74, 6) is 1.29. The van der Waals surface area contributed by atoms with Gasteiger partial charge in [-0.05, 0) is 44.5 Å². The summed E-state index contributed by atoms with van der Waals surface area (Å²) in [5, 5.41) is 3.09. The van der Waals surface area contributed by atoms with Crippen LogP contribution < -0.4 is 10.1 Å². The van der Waals surface area contributed by atoms with E-state index in [4.69, 9.17) is 4.74 Å². The number of sulfone groups is 1. The molecule has 1 atom stereocenters. The highest BCUT2D eigenvalue weighted by atomic mass is 32.2. The zero-order valence-corrected chi connectivity index (χ0v) is 14.4. The summed E-state index contributed by atoms with van der Waals surface area (Å²) in [5.41, 5.74) is 0.959. The Balaban J connectivity index is 2.81. The number of rotatable bonds is 8. The summed E-state index contributed by atoms with van der Waals surface area (Å²) in [6, 6.07) is 7.42. The van der Waals surface area contributed by atoms with Crippen LogP contribution in [0.15, 0.2) is 24.3 Å². The molecular formula is C16H27NO3S. The maximum Gasteiger partial charge on any atom is 0.152 e. The quantitative estimate of drug-likeness (QED) is 0.802. The van der Waals surface area contributed by atoms with Gasteiger partial charge >= 0.3 is 0 Å². The van der Waals surface area contributed by atoms with Gasteiger partial charge in [-0.2, -0.15) is 0 Å². The van der Waals surface area contributed by atoms with E-state index in [0.717, 1.165) is 11.3 Å². The van der Waals surface area contributed by atoms with E-state index in [1.54, 1.807) is 7.05 Å². The Morgan fingerprint density at radius 1 is 1.05 bits per heavy atom. The molecule has 0 spiro atoms. The summed E-state index contributed by atoms with van der Waals surface area (Å²) in [6.45, 7) is 7.79. The Hall–Kier alpha value is -1.07. The van der Waals surface area contributed by atoms with Crippen molar-refractivity contribution in [2.45, 2.75) is 39.8 Å². The second kappa shape index (κ2) is 7.80. The maximum absolute atomic E-state index is 12.1. The molecule has 0 saturated carbocycles. The molecule has 0 amide bonds. The van der Waals surface area contributed by atoms with E-state index in [2.05, 4.69) is 5.32 Å². The summed E-state index contributed by atoms with van der Waals surface area (Å²) < 4.78 is 29.9. The molecule has 0 aliphatic heterocycles. The lowest BCUT2D eigenvalue weighted by Gasteiger charge is -2.18. The van der Waals surface area contributed by atoms with E-state index < -0.39 is 9.84 Å². The normalized spacial score (nSPS) is 13.7. The molecule has 1 aromatic carbocycles. The molecule has 0 aromatic heterocycles. The first kappa shape index (κ1) is 18.0. The summed E-state index contributed by atoms with van der Waals surface area (Å²) in [6.07, 6.45) is 0.127. The maximum atomic E-state index is 12.1. The molecule has 0 saturated heterocycles. The van der Waals surface area contributed by atoms with E-state index in [9.17, 15) is 8.42 Å². The average molecular weight is 313 g/mol. The van der Waals surface area contributed by atoms with Crippen LogP contribution in [-0.4, -0.2) is 33.1 Å². The standard InChI is InChI=1S/C16H27NO3S/c1-12(2)10-21(18,19)11-16(17-5)14-6-8-15(9-7-14)20-13(3)4/h6-9,12-13,16-17H,10-11H2,1-5H3. The van der Waals surface area contributed by atoms with Crippen LogP contribution in [0.1, 0.15) is 39.3 Å². The minimum atomic E-state index is -3.06. The van der Waals surface area contributed by atoms with Gasteiger partial charge in [0.05, 0.1) is 17.6 Å². The number of nitrogens with one attached hydrogen (secondary N) is 1. The Morgan fingerprint density at radius 2 is 1.62 bits per heavy atom. The lowest BCUT2D eigenvalue weighted by Crippen LogP contribution is -2.27. The van der Waals surface area contributed by atoms with Gasteiger partial charge in [-0.3, -0.25) is 0 Å². The zero-order valence-electron chi connectivity index (χ0n) is 13.6. The number of ether oxygens (including phenoxy) is 1. The molecule has 4 nitrogen and oxygen atoms in total. The Bertz CT molecular complexity index is 521. The van der Waals surface area contributed by atoms with Gasteiger partial charge in [0, 0.05) is 6.04 Å². The van der Waals surface area contributed by atoms with Crippen LogP contribution in [-0.2, 0) is 9.84 Å². The van der Waals surface area contributed by atoms with Crippen LogP contribution in [0.25, 0.3) is 0 Å². The molecule has 0 heterocycles. The molecule has 0 radical (unpaired) electrons. The fourth-order valence-corrected chi connectivity index (χ4v) is 4.25. The SMILES string of the molecule is CNC(CS(=O)(=O)CC(C)C)c1ccc(OC(C)C)cc1. The molecule has 0 aliphatic rings. The highest BCUT2D eigenvalue weighted by molar-refractivity contribution is 7.91. The van der Waals surface area contributed by atoms with Crippen molar-refractivity contribution in [3.8, 4) is 5.75 Å². The predicted molar refractivity (Wildman–Crippen MR) is 87.5 cm³/mol. The lowest BCUT2D eigenvalue weighted by atomic mass is 10.1. The molecule has 21 heavy (non-hydrogen) atoms. The molecule has 0 aliphatic carbocycles. The van der Waals surface area contributed by atoms with Gasteiger partial charge < -0.3 is 10.1 Å². The van der Waals surface area contributed by atoms with Crippen molar-refractivity contribution in [2.75, 3.05) is 18.6 Å². The molecule has 1 rings (SSSR count). The van der Waals surface area contributed by atoms with Crippen LogP contribution in [0.3, 0.4) is 0 Å². The fourth-order valence-electron chi connectivity index (χ4n) is 2.23. The van der Waals surface area contributed by atoms with E-state index in [1.165, 1.54) is 0 Å². The second-order valence-electron chi connectivity index (χ2n) is 6.05. The summed E-state index contributed by atoms with van der Waals surface area (Å²) >= 11 is 0. The number of hydrogen-bond acceptors (Lipinski definition) is 4. The van der Waals surface area contributed by atoms with Crippen LogP contribution in [0, 0.1) is 5.92 Å². The van der Waals surface area contributed by atoms with E-state index in [-0.39, 0.29) is 29.6 Å².